The van der Waals surface area contributed by atoms with Crippen LogP contribution >= 0.6 is 0 Å². The molecule has 6 heteroatoms. The first-order chi connectivity index (χ1) is 9.52. The van der Waals surface area contributed by atoms with Crippen molar-refractivity contribution in [2.45, 2.75) is 32.6 Å². The van der Waals surface area contributed by atoms with Crippen molar-refractivity contribution in [3.05, 3.63) is 17.5 Å². The zero-order valence-electron chi connectivity index (χ0n) is 12.3. The van der Waals surface area contributed by atoms with Gasteiger partial charge in [-0.05, 0) is 24.8 Å². The van der Waals surface area contributed by atoms with Crippen LogP contribution in [0.5, 0.6) is 0 Å². The van der Waals surface area contributed by atoms with E-state index in [4.69, 9.17) is 0 Å². The molecular weight excluding hydrogens is 256 g/mol. The third-order valence-corrected chi connectivity index (χ3v) is 3.84. The molecule has 0 saturated carbocycles. The minimum Gasteiger partial charge on any atom is -0.359 e. The Balaban J connectivity index is 1.96. The average molecular weight is 278 g/mol. The Morgan fingerprint density at radius 3 is 2.55 bits per heavy atom. The van der Waals surface area contributed by atoms with Crippen LogP contribution < -0.4 is 5.32 Å². The van der Waals surface area contributed by atoms with Gasteiger partial charge in [-0.15, -0.1) is 0 Å². The molecule has 6 nitrogen and oxygen atoms in total. The Bertz CT molecular complexity index is 487. The molecule has 110 valence electrons. The molecule has 2 N–H and O–H groups in total. The van der Waals surface area contributed by atoms with Gasteiger partial charge in [-0.1, -0.05) is 13.8 Å². The van der Waals surface area contributed by atoms with Gasteiger partial charge in [0.25, 0.3) is 5.91 Å². The van der Waals surface area contributed by atoms with Crippen LogP contribution in [0.15, 0.2) is 6.07 Å². The summed E-state index contributed by atoms with van der Waals surface area (Å²) in [6.45, 7) is 5.33. The number of amides is 2. The highest BCUT2D eigenvalue weighted by Crippen LogP contribution is 2.20. The molecule has 1 aliphatic rings. The number of H-pyrrole nitrogens is 1. The van der Waals surface area contributed by atoms with Crippen LogP contribution in [-0.2, 0) is 4.79 Å². The fourth-order valence-corrected chi connectivity index (χ4v) is 2.45. The van der Waals surface area contributed by atoms with E-state index in [0.717, 1.165) is 5.69 Å². The number of aromatic nitrogens is 2. The predicted molar refractivity (Wildman–Crippen MR) is 75.4 cm³/mol. The Morgan fingerprint density at radius 1 is 1.40 bits per heavy atom. The molecule has 1 saturated heterocycles. The van der Waals surface area contributed by atoms with Crippen LogP contribution in [-0.4, -0.2) is 47.0 Å². The molecule has 2 amide bonds. The second kappa shape index (κ2) is 6.07. The summed E-state index contributed by atoms with van der Waals surface area (Å²) in [7, 11) is 1.65. The maximum Gasteiger partial charge on any atom is 0.274 e. The zero-order chi connectivity index (χ0) is 14.7. The van der Waals surface area contributed by atoms with E-state index in [2.05, 4.69) is 29.4 Å². The van der Waals surface area contributed by atoms with E-state index in [1.807, 2.05) is 6.07 Å². The van der Waals surface area contributed by atoms with Gasteiger partial charge in [-0.2, -0.15) is 5.10 Å². The minimum absolute atomic E-state index is 0.0226. The second-order valence-corrected chi connectivity index (χ2v) is 5.54. The molecule has 0 radical (unpaired) electrons. The number of piperidine rings is 1. The number of rotatable bonds is 3. The van der Waals surface area contributed by atoms with Crippen LogP contribution in [0.2, 0.25) is 0 Å². The topological polar surface area (TPSA) is 78.1 Å². The van der Waals surface area contributed by atoms with Gasteiger partial charge in [0.2, 0.25) is 5.91 Å². The van der Waals surface area contributed by atoms with Crippen molar-refractivity contribution >= 4 is 11.8 Å². The summed E-state index contributed by atoms with van der Waals surface area (Å²) in [5.41, 5.74) is 1.43. The first kappa shape index (κ1) is 14.6. The van der Waals surface area contributed by atoms with Gasteiger partial charge in [-0.25, -0.2) is 0 Å². The third-order valence-electron chi connectivity index (χ3n) is 3.84. The highest BCUT2D eigenvalue weighted by molar-refractivity contribution is 5.92. The number of hydrogen-bond acceptors (Lipinski definition) is 3. The Morgan fingerprint density at radius 2 is 2.05 bits per heavy atom. The maximum absolute atomic E-state index is 12.3. The van der Waals surface area contributed by atoms with Crippen molar-refractivity contribution in [1.29, 1.82) is 0 Å². The zero-order valence-corrected chi connectivity index (χ0v) is 12.3. The van der Waals surface area contributed by atoms with Crippen LogP contribution in [0.25, 0.3) is 0 Å². The van der Waals surface area contributed by atoms with Crippen molar-refractivity contribution in [3.8, 4) is 0 Å². The lowest BCUT2D eigenvalue weighted by atomic mass is 9.96. The summed E-state index contributed by atoms with van der Waals surface area (Å²) in [5, 5.41) is 9.65. The molecule has 20 heavy (non-hydrogen) atoms. The summed E-state index contributed by atoms with van der Waals surface area (Å²) in [4.78, 5) is 25.7. The number of carbonyl (C=O) groups is 2. The molecule has 0 spiro atoms. The van der Waals surface area contributed by atoms with Crippen LogP contribution in [0.1, 0.15) is 48.8 Å². The van der Waals surface area contributed by atoms with Gasteiger partial charge >= 0.3 is 0 Å². The molecule has 0 unspecified atom stereocenters. The number of likely N-dealkylation sites (tertiary alicyclic amines) is 1. The van der Waals surface area contributed by atoms with Gasteiger partial charge in [0, 0.05) is 31.7 Å². The molecule has 1 fully saturated rings. The van der Waals surface area contributed by atoms with Crippen LogP contribution in [0.3, 0.4) is 0 Å². The summed E-state index contributed by atoms with van der Waals surface area (Å²) >= 11 is 0. The number of nitrogens with one attached hydrogen (secondary N) is 2. The van der Waals surface area contributed by atoms with Crippen molar-refractivity contribution in [2.24, 2.45) is 5.92 Å². The SMILES string of the molecule is CNC(=O)C1CCN(C(=O)c2cc(C(C)C)[nH]n2)CC1. The van der Waals surface area contributed by atoms with Crippen molar-refractivity contribution in [2.75, 3.05) is 20.1 Å². The fourth-order valence-electron chi connectivity index (χ4n) is 2.45. The van der Waals surface area contributed by atoms with Gasteiger partial charge in [0.05, 0.1) is 0 Å². The van der Waals surface area contributed by atoms with E-state index in [1.54, 1.807) is 11.9 Å². The van der Waals surface area contributed by atoms with Gasteiger partial charge in [-0.3, -0.25) is 14.7 Å². The molecule has 2 rings (SSSR count). The first-order valence-corrected chi connectivity index (χ1v) is 7.09. The molecule has 0 aliphatic carbocycles. The molecule has 0 aromatic carbocycles. The van der Waals surface area contributed by atoms with Gasteiger partial charge in [0.15, 0.2) is 0 Å². The molecule has 2 heterocycles. The highest BCUT2D eigenvalue weighted by Gasteiger charge is 2.28. The van der Waals surface area contributed by atoms with E-state index < -0.39 is 0 Å². The number of hydrogen-bond donors (Lipinski definition) is 2. The maximum atomic E-state index is 12.3. The van der Waals surface area contributed by atoms with E-state index in [1.165, 1.54) is 0 Å². The number of carbonyl (C=O) groups excluding carboxylic acids is 2. The predicted octanol–water partition coefficient (Wildman–Crippen LogP) is 1.13. The van der Waals surface area contributed by atoms with Gasteiger partial charge < -0.3 is 10.2 Å². The Hall–Kier alpha value is -1.85. The summed E-state index contributed by atoms with van der Waals surface area (Å²) in [6.07, 6.45) is 1.43. The lowest BCUT2D eigenvalue weighted by Crippen LogP contribution is -2.42. The third kappa shape index (κ3) is 3.00. The van der Waals surface area contributed by atoms with Crippen molar-refractivity contribution in [1.82, 2.24) is 20.4 Å². The van der Waals surface area contributed by atoms with Crippen LogP contribution in [0.4, 0.5) is 0 Å². The van der Waals surface area contributed by atoms with Gasteiger partial charge in [0.1, 0.15) is 5.69 Å². The molecule has 1 aliphatic heterocycles. The van der Waals surface area contributed by atoms with E-state index in [-0.39, 0.29) is 17.7 Å². The summed E-state index contributed by atoms with van der Waals surface area (Å²) < 4.78 is 0. The summed E-state index contributed by atoms with van der Waals surface area (Å²) in [6, 6.07) is 1.82. The smallest absolute Gasteiger partial charge is 0.274 e. The lowest BCUT2D eigenvalue weighted by Gasteiger charge is -2.30. The number of nitrogens with zero attached hydrogens (tertiary/aromatic N) is 2. The quantitative estimate of drug-likeness (QED) is 0.870. The van der Waals surface area contributed by atoms with Crippen molar-refractivity contribution < 1.29 is 9.59 Å². The second-order valence-electron chi connectivity index (χ2n) is 5.54. The lowest BCUT2D eigenvalue weighted by molar-refractivity contribution is -0.125. The molecule has 1 aromatic heterocycles. The minimum atomic E-state index is -0.0523. The van der Waals surface area contributed by atoms with E-state index >= 15 is 0 Å². The average Bonchev–Trinajstić information content (AvgIpc) is 2.96. The highest BCUT2D eigenvalue weighted by atomic mass is 16.2. The summed E-state index contributed by atoms with van der Waals surface area (Å²) in [5.74, 6) is 0.361. The first-order valence-electron chi connectivity index (χ1n) is 7.09. The molecule has 0 atom stereocenters. The van der Waals surface area contributed by atoms with Crippen LogP contribution in [0, 0.1) is 5.92 Å². The fraction of sp³-hybridized carbons (Fsp3) is 0.643. The Labute approximate surface area is 118 Å². The van der Waals surface area contributed by atoms with Crippen molar-refractivity contribution in [3.63, 3.8) is 0 Å². The molecule has 1 aromatic rings. The van der Waals surface area contributed by atoms with E-state index in [0.29, 0.717) is 37.5 Å². The standard InChI is InChI=1S/C14H22N4O2/c1-9(2)11-8-12(17-16-11)14(20)18-6-4-10(5-7-18)13(19)15-3/h8-10H,4-7H2,1-3H3,(H,15,19)(H,16,17). The van der Waals surface area contributed by atoms with E-state index in [9.17, 15) is 9.59 Å². The molecule has 0 bridgehead atoms. The molecular formula is C14H22N4O2. The largest absolute Gasteiger partial charge is 0.359 e. The normalized spacial score (nSPS) is 16.5. The number of aromatic amines is 1. The Kier molecular flexibility index (Phi) is 4.42. The monoisotopic (exact) mass is 278 g/mol.